The van der Waals surface area contributed by atoms with E-state index in [4.69, 9.17) is 5.73 Å². The second kappa shape index (κ2) is 5.42. The highest BCUT2D eigenvalue weighted by molar-refractivity contribution is 5.80. The Morgan fingerprint density at radius 2 is 2.17 bits per heavy atom. The van der Waals surface area contributed by atoms with Crippen molar-refractivity contribution in [2.75, 3.05) is 0 Å². The molecular formula is C12H15N5O. The molecule has 94 valence electrons. The van der Waals surface area contributed by atoms with Crippen LogP contribution in [0.5, 0.6) is 0 Å². The van der Waals surface area contributed by atoms with Gasteiger partial charge in [0.25, 0.3) is 0 Å². The predicted octanol–water partition coefficient (Wildman–Crippen LogP) is 0.231. The van der Waals surface area contributed by atoms with E-state index in [1.165, 1.54) is 0 Å². The van der Waals surface area contributed by atoms with Crippen molar-refractivity contribution in [2.24, 2.45) is 5.73 Å². The van der Waals surface area contributed by atoms with Crippen molar-refractivity contribution >= 4 is 5.91 Å². The molecule has 1 atom stereocenters. The van der Waals surface area contributed by atoms with Gasteiger partial charge in [-0.05, 0) is 19.1 Å². The largest absolute Gasteiger partial charge is 0.347 e. The third kappa shape index (κ3) is 2.72. The van der Waals surface area contributed by atoms with Crippen LogP contribution in [0.2, 0.25) is 0 Å². The molecule has 6 heteroatoms. The first-order valence-corrected chi connectivity index (χ1v) is 5.66. The van der Waals surface area contributed by atoms with E-state index < -0.39 is 6.04 Å². The van der Waals surface area contributed by atoms with Crippen molar-refractivity contribution in [3.05, 3.63) is 42.5 Å². The Morgan fingerprint density at radius 3 is 2.83 bits per heavy atom. The second-order valence-electron chi connectivity index (χ2n) is 3.96. The smallest absolute Gasteiger partial charge is 0.237 e. The summed E-state index contributed by atoms with van der Waals surface area (Å²) >= 11 is 0. The number of aromatic nitrogens is 3. The SMILES string of the molecule is C[C@@H](N)C(=O)NCc1nncn1-c1ccccc1. The molecule has 0 aliphatic rings. The Morgan fingerprint density at radius 1 is 1.44 bits per heavy atom. The molecule has 0 unspecified atom stereocenters. The van der Waals surface area contributed by atoms with E-state index in [0.717, 1.165) is 5.69 Å². The van der Waals surface area contributed by atoms with Crippen LogP contribution in [-0.4, -0.2) is 26.7 Å². The summed E-state index contributed by atoms with van der Waals surface area (Å²) in [6, 6.07) is 9.16. The van der Waals surface area contributed by atoms with Gasteiger partial charge in [-0.2, -0.15) is 0 Å². The Balaban J connectivity index is 2.12. The van der Waals surface area contributed by atoms with Gasteiger partial charge in [-0.15, -0.1) is 10.2 Å². The maximum Gasteiger partial charge on any atom is 0.237 e. The van der Waals surface area contributed by atoms with Gasteiger partial charge in [-0.25, -0.2) is 0 Å². The molecule has 1 aromatic carbocycles. The third-order valence-corrected chi connectivity index (χ3v) is 2.49. The molecule has 0 aliphatic heterocycles. The van der Waals surface area contributed by atoms with E-state index in [2.05, 4.69) is 15.5 Å². The number of amides is 1. The number of nitrogens with one attached hydrogen (secondary N) is 1. The number of carbonyl (C=O) groups excluding carboxylic acids is 1. The minimum atomic E-state index is -0.530. The lowest BCUT2D eigenvalue weighted by molar-refractivity contribution is -0.122. The highest BCUT2D eigenvalue weighted by Crippen LogP contribution is 2.08. The molecule has 0 fully saturated rings. The number of rotatable bonds is 4. The molecule has 1 amide bonds. The first-order valence-electron chi connectivity index (χ1n) is 5.66. The average molecular weight is 245 g/mol. The first-order chi connectivity index (χ1) is 8.68. The highest BCUT2D eigenvalue weighted by Gasteiger charge is 2.10. The molecule has 0 spiro atoms. The molecule has 6 nitrogen and oxygen atoms in total. The van der Waals surface area contributed by atoms with Gasteiger partial charge in [0.05, 0.1) is 12.6 Å². The predicted molar refractivity (Wildman–Crippen MR) is 66.9 cm³/mol. The Hall–Kier alpha value is -2.21. The van der Waals surface area contributed by atoms with Crippen molar-refractivity contribution in [2.45, 2.75) is 19.5 Å². The average Bonchev–Trinajstić information content (AvgIpc) is 2.85. The van der Waals surface area contributed by atoms with Crippen molar-refractivity contribution in [1.29, 1.82) is 0 Å². The van der Waals surface area contributed by atoms with E-state index in [1.54, 1.807) is 13.3 Å². The summed E-state index contributed by atoms with van der Waals surface area (Å²) in [4.78, 5) is 11.4. The minimum absolute atomic E-state index is 0.211. The molecule has 0 saturated carbocycles. The lowest BCUT2D eigenvalue weighted by Gasteiger charge is -2.09. The Bertz CT molecular complexity index is 520. The molecule has 1 heterocycles. The van der Waals surface area contributed by atoms with E-state index in [1.807, 2.05) is 34.9 Å². The fourth-order valence-corrected chi connectivity index (χ4v) is 1.51. The van der Waals surface area contributed by atoms with E-state index in [9.17, 15) is 4.79 Å². The maximum absolute atomic E-state index is 11.4. The van der Waals surface area contributed by atoms with Gasteiger partial charge in [-0.1, -0.05) is 18.2 Å². The topological polar surface area (TPSA) is 85.8 Å². The zero-order chi connectivity index (χ0) is 13.0. The van der Waals surface area contributed by atoms with Crippen molar-refractivity contribution in [1.82, 2.24) is 20.1 Å². The summed E-state index contributed by atoms with van der Waals surface area (Å²) in [5.74, 6) is 0.452. The fraction of sp³-hybridized carbons (Fsp3) is 0.250. The van der Waals surface area contributed by atoms with E-state index in [0.29, 0.717) is 12.4 Å². The minimum Gasteiger partial charge on any atom is -0.347 e. The quantitative estimate of drug-likeness (QED) is 0.807. The molecule has 0 aliphatic carbocycles. The molecule has 0 saturated heterocycles. The molecule has 1 aromatic heterocycles. The van der Waals surface area contributed by atoms with E-state index in [-0.39, 0.29) is 5.91 Å². The van der Waals surface area contributed by atoms with Crippen LogP contribution in [0.1, 0.15) is 12.7 Å². The molecule has 18 heavy (non-hydrogen) atoms. The van der Waals surface area contributed by atoms with Crippen LogP contribution in [0, 0.1) is 0 Å². The van der Waals surface area contributed by atoms with Crippen LogP contribution in [0.15, 0.2) is 36.7 Å². The zero-order valence-electron chi connectivity index (χ0n) is 10.1. The molecule has 0 radical (unpaired) electrons. The molecule has 3 N–H and O–H groups in total. The Labute approximate surface area is 105 Å². The lowest BCUT2D eigenvalue weighted by atomic mass is 10.3. The maximum atomic E-state index is 11.4. The normalized spacial score (nSPS) is 12.1. The number of nitrogens with two attached hydrogens (primary N) is 1. The molecular weight excluding hydrogens is 230 g/mol. The number of benzene rings is 1. The van der Waals surface area contributed by atoms with Gasteiger partial charge in [0, 0.05) is 5.69 Å². The van der Waals surface area contributed by atoms with Crippen LogP contribution in [-0.2, 0) is 11.3 Å². The van der Waals surface area contributed by atoms with Crippen LogP contribution < -0.4 is 11.1 Å². The molecule has 2 rings (SSSR count). The summed E-state index contributed by atoms with van der Waals surface area (Å²) < 4.78 is 1.82. The van der Waals surface area contributed by atoms with Crippen LogP contribution in [0.3, 0.4) is 0 Å². The van der Waals surface area contributed by atoms with Crippen LogP contribution in [0.4, 0.5) is 0 Å². The number of hydrogen-bond donors (Lipinski definition) is 2. The van der Waals surface area contributed by atoms with Gasteiger partial charge in [0.1, 0.15) is 6.33 Å². The van der Waals surface area contributed by atoms with E-state index >= 15 is 0 Å². The van der Waals surface area contributed by atoms with Crippen LogP contribution in [0.25, 0.3) is 5.69 Å². The summed E-state index contributed by atoms with van der Waals surface area (Å²) in [6.45, 7) is 1.94. The number of carbonyl (C=O) groups is 1. The van der Waals surface area contributed by atoms with Gasteiger partial charge in [0.2, 0.25) is 5.91 Å². The van der Waals surface area contributed by atoms with Gasteiger partial charge in [-0.3, -0.25) is 9.36 Å². The number of hydrogen-bond acceptors (Lipinski definition) is 4. The van der Waals surface area contributed by atoms with Crippen molar-refractivity contribution in [3.63, 3.8) is 0 Å². The summed E-state index contributed by atoms with van der Waals surface area (Å²) in [6.07, 6.45) is 1.61. The summed E-state index contributed by atoms with van der Waals surface area (Å²) in [5.41, 5.74) is 6.42. The molecule has 0 bridgehead atoms. The van der Waals surface area contributed by atoms with Gasteiger partial charge < -0.3 is 11.1 Å². The van der Waals surface area contributed by atoms with Crippen molar-refractivity contribution < 1.29 is 4.79 Å². The zero-order valence-corrected chi connectivity index (χ0v) is 10.1. The lowest BCUT2D eigenvalue weighted by Crippen LogP contribution is -2.38. The Kier molecular flexibility index (Phi) is 3.69. The highest BCUT2D eigenvalue weighted by atomic mass is 16.2. The van der Waals surface area contributed by atoms with Gasteiger partial charge in [0.15, 0.2) is 5.82 Å². The number of nitrogens with zero attached hydrogens (tertiary/aromatic N) is 3. The first kappa shape index (κ1) is 12.3. The standard InChI is InChI=1S/C12H15N5O/c1-9(13)12(18)14-7-11-16-15-8-17(11)10-5-3-2-4-6-10/h2-6,8-9H,7,13H2,1H3,(H,14,18)/t9-/m1/s1. The van der Waals surface area contributed by atoms with Gasteiger partial charge >= 0.3 is 0 Å². The second-order valence-corrected chi connectivity index (χ2v) is 3.96. The van der Waals surface area contributed by atoms with Crippen LogP contribution >= 0.6 is 0 Å². The van der Waals surface area contributed by atoms with Crippen molar-refractivity contribution in [3.8, 4) is 5.69 Å². The fourth-order valence-electron chi connectivity index (χ4n) is 1.51. The third-order valence-electron chi connectivity index (χ3n) is 2.49. The molecule has 2 aromatic rings. The summed E-state index contributed by atoms with van der Waals surface area (Å²) in [5, 5.41) is 10.5. The monoisotopic (exact) mass is 245 g/mol. The number of para-hydroxylation sites is 1. The summed E-state index contributed by atoms with van der Waals surface area (Å²) in [7, 11) is 0.